The van der Waals surface area contributed by atoms with Gasteiger partial charge in [-0.2, -0.15) is 0 Å². The number of hydrogen-bond acceptors (Lipinski definition) is 4. The third kappa shape index (κ3) is 3.39. The topological polar surface area (TPSA) is 84.6 Å². The van der Waals surface area contributed by atoms with Gasteiger partial charge in [0.2, 0.25) is 5.76 Å². The van der Waals surface area contributed by atoms with Crippen LogP contribution in [0.4, 0.5) is 0 Å². The molecule has 0 radical (unpaired) electrons. The van der Waals surface area contributed by atoms with Gasteiger partial charge in [0.15, 0.2) is 9.84 Å². The van der Waals surface area contributed by atoms with E-state index >= 15 is 0 Å². The lowest BCUT2D eigenvalue weighted by Gasteiger charge is -2.06. The first-order valence-corrected chi connectivity index (χ1v) is 8.05. The number of rotatable bonds is 5. The molecule has 0 atom stereocenters. The Labute approximate surface area is 117 Å². The summed E-state index contributed by atoms with van der Waals surface area (Å²) in [5, 5.41) is 9.45. The van der Waals surface area contributed by atoms with Crippen molar-refractivity contribution in [2.45, 2.75) is 19.6 Å². The van der Waals surface area contributed by atoms with E-state index in [2.05, 4.69) is 0 Å². The SMILES string of the molecule is CC(C)CS(=O)(=O)Cc1ccc2oc(C(=O)O)cc2c1. The Morgan fingerprint density at radius 1 is 1.30 bits per heavy atom. The van der Waals surface area contributed by atoms with Gasteiger partial charge < -0.3 is 9.52 Å². The molecule has 0 aliphatic heterocycles. The summed E-state index contributed by atoms with van der Waals surface area (Å²) in [5.74, 6) is -1.13. The molecule has 5 nitrogen and oxygen atoms in total. The molecule has 0 spiro atoms. The second-order valence-electron chi connectivity index (χ2n) is 5.24. The number of carboxylic acids is 1. The number of carboxylic acid groups (broad SMARTS) is 1. The van der Waals surface area contributed by atoms with Crippen LogP contribution in [0.2, 0.25) is 0 Å². The zero-order chi connectivity index (χ0) is 14.9. The van der Waals surface area contributed by atoms with Crippen molar-refractivity contribution in [2.24, 2.45) is 5.92 Å². The zero-order valence-electron chi connectivity index (χ0n) is 11.3. The van der Waals surface area contributed by atoms with Gasteiger partial charge >= 0.3 is 5.97 Å². The number of aromatic carboxylic acids is 1. The first kappa shape index (κ1) is 14.6. The Balaban J connectivity index is 2.30. The lowest BCUT2D eigenvalue weighted by atomic mass is 10.2. The van der Waals surface area contributed by atoms with Gasteiger partial charge in [-0.05, 0) is 29.7 Å². The molecule has 20 heavy (non-hydrogen) atoms. The van der Waals surface area contributed by atoms with E-state index in [9.17, 15) is 13.2 Å². The number of sulfone groups is 1. The van der Waals surface area contributed by atoms with E-state index in [1.54, 1.807) is 18.2 Å². The van der Waals surface area contributed by atoms with Gasteiger partial charge in [-0.15, -0.1) is 0 Å². The fraction of sp³-hybridized carbons (Fsp3) is 0.357. The predicted molar refractivity (Wildman–Crippen MR) is 75.5 cm³/mol. The van der Waals surface area contributed by atoms with Crippen LogP contribution in [0, 0.1) is 5.92 Å². The van der Waals surface area contributed by atoms with Gasteiger partial charge in [0.05, 0.1) is 11.5 Å². The van der Waals surface area contributed by atoms with E-state index in [0.29, 0.717) is 16.5 Å². The highest BCUT2D eigenvalue weighted by Crippen LogP contribution is 2.22. The van der Waals surface area contributed by atoms with E-state index in [0.717, 1.165) is 0 Å². The molecule has 0 saturated heterocycles. The summed E-state index contributed by atoms with van der Waals surface area (Å²) < 4.78 is 29.0. The molecule has 0 fully saturated rings. The van der Waals surface area contributed by atoms with Gasteiger partial charge in [-0.1, -0.05) is 19.9 Å². The van der Waals surface area contributed by atoms with Crippen molar-refractivity contribution in [3.8, 4) is 0 Å². The summed E-state index contributed by atoms with van der Waals surface area (Å²) in [7, 11) is -3.16. The molecule has 0 unspecified atom stereocenters. The maximum absolute atomic E-state index is 11.9. The number of fused-ring (bicyclic) bond motifs is 1. The van der Waals surface area contributed by atoms with Crippen molar-refractivity contribution < 1.29 is 22.7 Å². The average Bonchev–Trinajstić information content (AvgIpc) is 2.69. The molecular weight excluding hydrogens is 280 g/mol. The highest BCUT2D eigenvalue weighted by atomic mass is 32.2. The fourth-order valence-corrected chi connectivity index (χ4v) is 3.93. The molecule has 0 saturated carbocycles. The highest BCUT2D eigenvalue weighted by Gasteiger charge is 2.16. The van der Waals surface area contributed by atoms with Crippen LogP contribution < -0.4 is 0 Å². The molecule has 2 aromatic rings. The minimum atomic E-state index is -3.16. The van der Waals surface area contributed by atoms with Crippen molar-refractivity contribution >= 4 is 26.8 Å². The molecule has 1 N–H and O–H groups in total. The maximum atomic E-state index is 11.9. The Morgan fingerprint density at radius 2 is 2.00 bits per heavy atom. The summed E-state index contributed by atoms with van der Waals surface area (Å²) in [6.45, 7) is 3.71. The Bertz CT molecular complexity index is 740. The van der Waals surface area contributed by atoms with Gasteiger partial charge in [0.25, 0.3) is 0 Å². The second kappa shape index (κ2) is 5.28. The monoisotopic (exact) mass is 296 g/mol. The molecule has 1 heterocycles. The zero-order valence-corrected chi connectivity index (χ0v) is 12.1. The predicted octanol–water partition coefficient (Wildman–Crippen LogP) is 2.70. The summed E-state index contributed by atoms with van der Waals surface area (Å²) in [6.07, 6.45) is 0. The molecule has 108 valence electrons. The van der Waals surface area contributed by atoms with Gasteiger partial charge in [-0.3, -0.25) is 0 Å². The number of furan rings is 1. The van der Waals surface area contributed by atoms with Gasteiger partial charge in [-0.25, -0.2) is 13.2 Å². The standard InChI is InChI=1S/C14H16O5S/c1-9(2)7-20(17,18)8-10-3-4-12-11(5-10)6-13(19-12)14(15)16/h3-6,9H,7-8H2,1-2H3,(H,15,16). The Kier molecular flexibility index (Phi) is 3.85. The van der Waals surface area contributed by atoms with Crippen LogP contribution in [0.15, 0.2) is 28.7 Å². The molecule has 0 aliphatic rings. The second-order valence-corrected chi connectivity index (χ2v) is 7.35. The van der Waals surface area contributed by atoms with E-state index in [-0.39, 0.29) is 23.2 Å². The minimum absolute atomic E-state index is 0.0469. The molecule has 0 amide bonds. The van der Waals surface area contributed by atoms with Crippen molar-refractivity contribution in [2.75, 3.05) is 5.75 Å². The average molecular weight is 296 g/mol. The van der Waals surface area contributed by atoms with Gasteiger partial charge in [0.1, 0.15) is 5.58 Å². The summed E-state index contributed by atoms with van der Waals surface area (Å²) >= 11 is 0. The van der Waals surface area contributed by atoms with Crippen LogP contribution in [0.25, 0.3) is 11.0 Å². The number of benzene rings is 1. The molecule has 0 aliphatic carbocycles. The summed E-state index contributed by atoms with van der Waals surface area (Å²) in [6, 6.07) is 6.30. The van der Waals surface area contributed by atoms with Crippen molar-refractivity contribution in [3.05, 3.63) is 35.6 Å². The third-order valence-electron chi connectivity index (χ3n) is 2.77. The van der Waals surface area contributed by atoms with Crippen LogP contribution >= 0.6 is 0 Å². The number of hydrogen-bond donors (Lipinski definition) is 1. The maximum Gasteiger partial charge on any atom is 0.371 e. The third-order valence-corrected chi connectivity index (χ3v) is 4.71. The normalized spacial score (nSPS) is 12.2. The molecular formula is C14H16O5S. The van der Waals surface area contributed by atoms with Crippen LogP contribution in [-0.4, -0.2) is 25.2 Å². The van der Waals surface area contributed by atoms with Crippen molar-refractivity contribution in [1.29, 1.82) is 0 Å². The van der Waals surface area contributed by atoms with E-state index in [4.69, 9.17) is 9.52 Å². The van der Waals surface area contributed by atoms with Crippen LogP contribution in [0.1, 0.15) is 30.0 Å². The molecule has 2 rings (SSSR count). The molecule has 6 heteroatoms. The van der Waals surface area contributed by atoms with Crippen LogP contribution in [0.3, 0.4) is 0 Å². The van der Waals surface area contributed by atoms with E-state index in [1.165, 1.54) is 6.07 Å². The molecule has 0 bridgehead atoms. The number of carbonyl (C=O) groups is 1. The molecule has 1 aromatic carbocycles. The lowest BCUT2D eigenvalue weighted by molar-refractivity contribution is 0.0665. The Morgan fingerprint density at radius 3 is 2.60 bits per heavy atom. The summed E-state index contributed by atoms with van der Waals surface area (Å²) in [4.78, 5) is 10.8. The molecule has 1 aromatic heterocycles. The fourth-order valence-electron chi connectivity index (χ4n) is 2.11. The first-order chi connectivity index (χ1) is 9.27. The Hall–Kier alpha value is -1.82. The first-order valence-electron chi connectivity index (χ1n) is 6.23. The smallest absolute Gasteiger partial charge is 0.371 e. The van der Waals surface area contributed by atoms with Crippen LogP contribution in [-0.2, 0) is 15.6 Å². The lowest BCUT2D eigenvalue weighted by Crippen LogP contribution is -2.13. The quantitative estimate of drug-likeness (QED) is 0.917. The van der Waals surface area contributed by atoms with Crippen molar-refractivity contribution in [1.82, 2.24) is 0 Å². The van der Waals surface area contributed by atoms with Crippen molar-refractivity contribution in [3.63, 3.8) is 0 Å². The van der Waals surface area contributed by atoms with E-state index < -0.39 is 15.8 Å². The van der Waals surface area contributed by atoms with Crippen LogP contribution in [0.5, 0.6) is 0 Å². The van der Waals surface area contributed by atoms with Gasteiger partial charge in [0, 0.05) is 5.39 Å². The largest absolute Gasteiger partial charge is 0.475 e. The van der Waals surface area contributed by atoms with E-state index in [1.807, 2.05) is 13.8 Å². The summed E-state index contributed by atoms with van der Waals surface area (Å²) in [5.41, 5.74) is 1.07. The minimum Gasteiger partial charge on any atom is -0.475 e. The highest BCUT2D eigenvalue weighted by molar-refractivity contribution is 7.90.